The Bertz CT molecular complexity index is 440. The molecule has 0 heterocycles. The molecule has 6 heteroatoms. The van der Waals surface area contributed by atoms with Crippen molar-refractivity contribution in [2.75, 3.05) is 0 Å². The summed E-state index contributed by atoms with van der Waals surface area (Å²) in [5.41, 5.74) is 0. The SMILES string of the molecule is CCCCCCCCCCCCCCCCCCCCCCC=CS(=O)(=O)O.[NaH].[NaH]. The molecule has 0 aliphatic rings. The molecule has 0 rings (SSSR count). The van der Waals surface area contributed by atoms with Crippen LogP contribution in [0.5, 0.6) is 0 Å². The van der Waals surface area contributed by atoms with Crippen molar-refractivity contribution in [3.05, 3.63) is 11.5 Å². The summed E-state index contributed by atoms with van der Waals surface area (Å²) in [6.45, 7) is 2.28. The van der Waals surface area contributed by atoms with Crippen molar-refractivity contribution in [3.8, 4) is 0 Å². The van der Waals surface area contributed by atoms with Gasteiger partial charge in [0.15, 0.2) is 0 Å². The van der Waals surface area contributed by atoms with Crippen LogP contribution >= 0.6 is 0 Å². The number of hydrogen-bond donors (Lipinski definition) is 1. The molecule has 0 unspecified atom stereocenters. The van der Waals surface area contributed by atoms with Gasteiger partial charge in [0, 0.05) is 0 Å². The van der Waals surface area contributed by atoms with Gasteiger partial charge in [-0.05, 0) is 12.8 Å². The molecular weight excluding hydrogens is 414 g/mol. The summed E-state index contributed by atoms with van der Waals surface area (Å²) in [4.78, 5) is 0. The molecule has 172 valence electrons. The zero-order valence-corrected chi connectivity index (χ0v) is 19.5. The van der Waals surface area contributed by atoms with Gasteiger partial charge in [-0.25, -0.2) is 0 Å². The van der Waals surface area contributed by atoms with Crippen molar-refractivity contribution < 1.29 is 13.0 Å². The second kappa shape index (κ2) is 28.7. The second-order valence-corrected chi connectivity index (χ2v) is 9.70. The molecule has 3 nitrogen and oxygen atoms in total. The molecule has 0 aromatic carbocycles. The predicted octanol–water partition coefficient (Wildman–Crippen LogP) is 7.30. The summed E-state index contributed by atoms with van der Waals surface area (Å²) in [5, 5.41) is 0.891. The summed E-state index contributed by atoms with van der Waals surface area (Å²) in [6.07, 6.45) is 29.6. The number of hydrogen-bond acceptors (Lipinski definition) is 2. The third-order valence-electron chi connectivity index (χ3n) is 5.49. The molecule has 0 aromatic heterocycles. The van der Waals surface area contributed by atoms with Crippen LogP contribution in [0.2, 0.25) is 0 Å². The van der Waals surface area contributed by atoms with Gasteiger partial charge in [-0.1, -0.05) is 135 Å². The maximum atomic E-state index is 10.5. The average Bonchev–Trinajstić information content (AvgIpc) is 2.65. The number of unbranched alkanes of at least 4 members (excludes halogenated alkanes) is 20. The van der Waals surface area contributed by atoms with Crippen LogP contribution in [0.1, 0.15) is 142 Å². The van der Waals surface area contributed by atoms with E-state index in [2.05, 4.69) is 6.92 Å². The van der Waals surface area contributed by atoms with Crippen molar-refractivity contribution in [2.24, 2.45) is 0 Å². The molecule has 0 fully saturated rings. The van der Waals surface area contributed by atoms with Crippen LogP contribution in [0.25, 0.3) is 0 Å². The Morgan fingerprint density at radius 2 is 0.800 bits per heavy atom. The second-order valence-electron chi connectivity index (χ2n) is 8.39. The van der Waals surface area contributed by atoms with E-state index in [0.717, 1.165) is 24.7 Å². The molecule has 0 saturated heterocycles. The normalized spacial score (nSPS) is 11.4. The van der Waals surface area contributed by atoms with E-state index in [4.69, 9.17) is 4.55 Å². The maximum absolute atomic E-state index is 10.5. The zero-order chi connectivity index (χ0) is 20.8. The molecular formula is C24H50Na2O3S. The van der Waals surface area contributed by atoms with E-state index >= 15 is 0 Å². The van der Waals surface area contributed by atoms with Gasteiger partial charge in [-0.15, -0.1) is 0 Å². The Labute approximate surface area is 233 Å². The van der Waals surface area contributed by atoms with Gasteiger partial charge in [0.2, 0.25) is 0 Å². The van der Waals surface area contributed by atoms with Crippen molar-refractivity contribution in [1.29, 1.82) is 0 Å². The van der Waals surface area contributed by atoms with Gasteiger partial charge in [0.05, 0.1) is 5.41 Å². The van der Waals surface area contributed by atoms with Crippen LogP contribution in [0, 0.1) is 0 Å². The Balaban J connectivity index is -0.00000364. The molecule has 0 spiro atoms. The van der Waals surface area contributed by atoms with Crippen molar-refractivity contribution >= 4 is 69.2 Å². The molecule has 30 heavy (non-hydrogen) atoms. The van der Waals surface area contributed by atoms with Crippen LogP contribution in [0.15, 0.2) is 11.5 Å². The Hall–Kier alpha value is 1.65. The van der Waals surface area contributed by atoms with Crippen LogP contribution in [-0.2, 0) is 10.1 Å². The van der Waals surface area contributed by atoms with Gasteiger partial charge in [-0.3, -0.25) is 4.55 Å². The quantitative estimate of drug-likeness (QED) is 0.104. The average molecular weight is 465 g/mol. The predicted molar refractivity (Wildman–Crippen MR) is 138 cm³/mol. The summed E-state index contributed by atoms with van der Waals surface area (Å²) in [7, 11) is -3.93. The Kier molecular flexibility index (Phi) is 34.6. The summed E-state index contributed by atoms with van der Waals surface area (Å²) < 4.78 is 29.6. The summed E-state index contributed by atoms with van der Waals surface area (Å²) >= 11 is 0. The van der Waals surface area contributed by atoms with E-state index in [1.165, 1.54) is 116 Å². The molecule has 0 radical (unpaired) electrons. The van der Waals surface area contributed by atoms with E-state index in [9.17, 15) is 8.42 Å². The first-order valence-electron chi connectivity index (χ1n) is 12.2. The van der Waals surface area contributed by atoms with E-state index in [0.29, 0.717) is 0 Å². The first-order valence-corrected chi connectivity index (χ1v) is 13.7. The monoisotopic (exact) mass is 464 g/mol. The number of rotatable bonds is 22. The molecule has 0 atom stereocenters. The first kappa shape index (κ1) is 36.2. The molecule has 0 bridgehead atoms. The van der Waals surface area contributed by atoms with E-state index < -0.39 is 10.1 Å². The van der Waals surface area contributed by atoms with Crippen molar-refractivity contribution in [1.82, 2.24) is 0 Å². The van der Waals surface area contributed by atoms with Crippen molar-refractivity contribution in [3.63, 3.8) is 0 Å². The summed E-state index contributed by atoms with van der Waals surface area (Å²) in [6, 6.07) is 0. The van der Waals surface area contributed by atoms with Gasteiger partial charge < -0.3 is 0 Å². The minimum absolute atomic E-state index is 0. The zero-order valence-electron chi connectivity index (χ0n) is 18.7. The van der Waals surface area contributed by atoms with E-state index in [1.54, 1.807) is 6.08 Å². The van der Waals surface area contributed by atoms with Crippen LogP contribution in [-0.4, -0.2) is 72.1 Å². The molecule has 1 N–H and O–H groups in total. The van der Waals surface area contributed by atoms with Crippen LogP contribution < -0.4 is 0 Å². The van der Waals surface area contributed by atoms with Gasteiger partial charge >= 0.3 is 59.1 Å². The minimum atomic E-state index is -3.93. The van der Waals surface area contributed by atoms with Crippen LogP contribution in [0.4, 0.5) is 0 Å². The first-order chi connectivity index (χ1) is 13.6. The van der Waals surface area contributed by atoms with Gasteiger partial charge in [0.1, 0.15) is 0 Å². The molecule has 0 aromatic rings. The third-order valence-corrected chi connectivity index (χ3v) is 6.03. The third kappa shape index (κ3) is 34.3. The molecule has 0 amide bonds. The van der Waals surface area contributed by atoms with E-state index in [-0.39, 0.29) is 59.1 Å². The fourth-order valence-corrected chi connectivity index (χ4v) is 4.09. The van der Waals surface area contributed by atoms with Gasteiger partial charge in [0.25, 0.3) is 10.1 Å². The Morgan fingerprint density at radius 1 is 0.533 bits per heavy atom. The van der Waals surface area contributed by atoms with Crippen molar-refractivity contribution in [2.45, 2.75) is 142 Å². The fraction of sp³-hybridized carbons (Fsp3) is 0.917. The Morgan fingerprint density at radius 3 is 1.07 bits per heavy atom. The molecule has 0 saturated carbocycles. The number of allylic oxidation sites excluding steroid dienone is 1. The molecule has 0 aliphatic heterocycles. The van der Waals surface area contributed by atoms with Crippen LogP contribution in [0.3, 0.4) is 0 Å². The summed E-state index contributed by atoms with van der Waals surface area (Å²) in [5.74, 6) is 0. The fourth-order valence-electron chi connectivity index (χ4n) is 3.71. The topological polar surface area (TPSA) is 54.4 Å². The van der Waals surface area contributed by atoms with E-state index in [1.807, 2.05) is 0 Å². The standard InChI is InChI=1S/C24H48O3S.2Na.2H/c1-2-3-4-5-6-7-8-9-10-11-12-13-14-15-16-17-18-19-20-21-22-23-24-28(25,26)27;;;;/h23-24H,2-22H2,1H3,(H,25,26,27);;;;. The van der Waals surface area contributed by atoms with Gasteiger partial charge in [-0.2, -0.15) is 8.42 Å². The molecule has 0 aliphatic carbocycles.